The Kier molecular flexibility index (Phi) is 4.82. The van der Waals surface area contributed by atoms with E-state index in [9.17, 15) is 4.79 Å². The van der Waals surface area contributed by atoms with Gasteiger partial charge in [-0.1, -0.05) is 11.8 Å². The number of carbonyl (C=O) groups is 1. The molecule has 1 aliphatic rings. The number of rotatable bonds is 8. The zero-order valence-electron chi connectivity index (χ0n) is 14.3. The number of carbonyl (C=O) groups excluding carboxylic acids is 1. The van der Waals surface area contributed by atoms with E-state index < -0.39 is 0 Å². The van der Waals surface area contributed by atoms with Gasteiger partial charge < -0.3 is 14.7 Å². The molecule has 0 spiro atoms. The van der Waals surface area contributed by atoms with Crippen LogP contribution in [0.4, 0.5) is 0 Å². The first kappa shape index (κ1) is 17.3. The Labute approximate surface area is 159 Å². The maximum Gasteiger partial charge on any atom is 0.217 e. The first-order valence-electron chi connectivity index (χ1n) is 8.46. The Bertz CT molecular complexity index is 925. The Morgan fingerprint density at radius 2 is 2.27 bits per heavy atom. The summed E-state index contributed by atoms with van der Waals surface area (Å²) in [7, 11) is 0. The van der Waals surface area contributed by atoms with Crippen molar-refractivity contribution < 1.29 is 9.21 Å². The molecule has 0 aliphatic heterocycles. The number of primary amides is 1. The largest absolute Gasteiger partial charge is 0.459 e. The van der Waals surface area contributed by atoms with Crippen LogP contribution < -0.4 is 5.73 Å². The van der Waals surface area contributed by atoms with E-state index in [0.717, 1.165) is 51.8 Å². The summed E-state index contributed by atoms with van der Waals surface area (Å²) < 4.78 is 7.79. The van der Waals surface area contributed by atoms with Crippen LogP contribution in [0.25, 0.3) is 10.8 Å². The lowest BCUT2D eigenvalue weighted by molar-refractivity contribution is -0.118. The van der Waals surface area contributed by atoms with Crippen molar-refractivity contribution in [3.05, 3.63) is 34.8 Å². The second kappa shape index (κ2) is 7.24. The topological polar surface area (TPSA) is 99.8 Å². The average Bonchev–Trinajstić information content (AvgIpc) is 3.02. The van der Waals surface area contributed by atoms with Gasteiger partial charge >= 0.3 is 0 Å². The van der Waals surface area contributed by atoms with E-state index in [-0.39, 0.29) is 5.91 Å². The monoisotopic (exact) mass is 389 g/mol. The molecule has 7 nitrogen and oxygen atoms in total. The summed E-state index contributed by atoms with van der Waals surface area (Å²) in [6, 6.07) is 4.34. The van der Waals surface area contributed by atoms with Gasteiger partial charge in [-0.05, 0) is 31.9 Å². The minimum Gasteiger partial charge on any atom is -0.459 e. The van der Waals surface area contributed by atoms with Crippen molar-refractivity contribution in [2.45, 2.75) is 49.6 Å². The summed E-state index contributed by atoms with van der Waals surface area (Å²) in [4.78, 5) is 15.7. The molecule has 136 valence electrons. The number of hydrogen-bond donors (Lipinski definition) is 1. The number of furan rings is 1. The van der Waals surface area contributed by atoms with Gasteiger partial charge in [0.15, 0.2) is 15.9 Å². The maximum absolute atomic E-state index is 11.1. The van der Waals surface area contributed by atoms with E-state index >= 15 is 0 Å². The number of aryl methyl sites for hydroxylation is 2. The molecule has 9 heteroatoms. The van der Waals surface area contributed by atoms with Crippen LogP contribution in [0.5, 0.6) is 0 Å². The quantitative estimate of drug-likeness (QED) is 0.593. The summed E-state index contributed by atoms with van der Waals surface area (Å²) in [6.45, 7) is 1.92. The van der Waals surface area contributed by atoms with Crippen LogP contribution in [0, 0.1) is 6.92 Å². The Morgan fingerprint density at radius 1 is 1.42 bits per heavy atom. The van der Waals surface area contributed by atoms with E-state index in [4.69, 9.17) is 10.2 Å². The lowest BCUT2D eigenvalue weighted by Crippen LogP contribution is -2.13. The Morgan fingerprint density at radius 3 is 2.96 bits per heavy atom. The number of nitrogens with zero attached hydrogens (tertiary/aromatic N) is 4. The summed E-state index contributed by atoms with van der Waals surface area (Å²) in [5.74, 6) is 2.94. The maximum atomic E-state index is 11.1. The SMILES string of the molecule is Cc1ccc(-c2nc(CSc3nnc(CCC(N)=O)n3C3CC3)cs2)o1. The fourth-order valence-corrected chi connectivity index (χ4v) is 4.49. The standard InChI is InChI=1S/C17H19N5O2S2/c1-10-2-5-13(24-10)16-19-11(8-25-16)9-26-17-21-20-15(7-6-14(18)23)22(17)12-3-4-12/h2,5,8,12H,3-4,6-7,9H2,1H3,(H2,18,23). The molecule has 1 fully saturated rings. The predicted octanol–water partition coefficient (Wildman–Crippen LogP) is 3.35. The van der Waals surface area contributed by atoms with Gasteiger partial charge in [0.1, 0.15) is 11.6 Å². The fraction of sp³-hybridized carbons (Fsp3) is 0.412. The third-order valence-corrected chi connectivity index (χ3v) is 5.98. The van der Waals surface area contributed by atoms with Gasteiger partial charge in [0.2, 0.25) is 5.91 Å². The first-order chi connectivity index (χ1) is 12.6. The zero-order valence-corrected chi connectivity index (χ0v) is 16.0. The molecule has 0 radical (unpaired) electrons. The molecular weight excluding hydrogens is 370 g/mol. The van der Waals surface area contributed by atoms with Crippen molar-refractivity contribution in [3.8, 4) is 10.8 Å². The van der Waals surface area contributed by atoms with Crippen LogP contribution in [-0.2, 0) is 17.0 Å². The number of thiazole rings is 1. The lowest BCUT2D eigenvalue weighted by atomic mass is 10.3. The van der Waals surface area contributed by atoms with Crippen molar-refractivity contribution in [2.75, 3.05) is 0 Å². The molecule has 0 bridgehead atoms. The molecule has 3 aromatic rings. The number of aromatic nitrogens is 4. The molecule has 1 saturated carbocycles. The van der Waals surface area contributed by atoms with Crippen LogP contribution >= 0.6 is 23.1 Å². The number of amides is 1. The van der Waals surface area contributed by atoms with Crippen molar-refractivity contribution >= 4 is 29.0 Å². The highest BCUT2D eigenvalue weighted by atomic mass is 32.2. The molecule has 0 aromatic carbocycles. The van der Waals surface area contributed by atoms with E-state index in [2.05, 4.69) is 19.7 Å². The van der Waals surface area contributed by atoms with E-state index in [1.54, 1.807) is 23.1 Å². The summed E-state index contributed by atoms with van der Waals surface area (Å²) in [6.07, 6.45) is 3.10. The second-order valence-corrected chi connectivity index (χ2v) is 8.11. The molecule has 3 heterocycles. The van der Waals surface area contributed by atoms with Crippen molar-refractivity contribution in [1.29, 1.82) is 0 Å². The van der Waals surface area contributed by atoms with Gasteiger partial charge in [-0.2, -0.15) is 0 Å². The Hall–Kier alpha value is -2.13. The van der Waals surface area contributed by atoms with E-state index in [0.29, 0.717) is 18.9 Å². The van der Waals surface area contributed by atoms with Crippen molar-refractivity contribution in [2.24, 2.45) is 5.73 Å². The Balaban J connectivity index is 1.45. The van der Waals surface area contributed by atoms with Crippen molar-refractivity contribution in [1.82, 2.24) is 19.7 Å². The third-order valence-electron chi connectivity index (χ3n) is 4.09. The summed E-state index contributed by atoms with van der Waals surface area (Å²) >= 11 is 3.20. The highest BCUT2D eigenvalue weighted by Gasteiger charge is 2.29. The molecule has 0 unspecified atom stereocenters. The first-order valence-corrected chi connectivity index (χ1v) is 10.3. The smallest absolute Gasteiger partial charge is 0.217 e. The summed E-state index contributed by atoms with van der Waals surface area (Å²) in [5, 5.41) is 12.4. The van der Waals surface area contributed by atoms with E-state index in [1.807, 2.05) is 24.4 Å². The summed E-state index contributed by atoms with van der Waals surface area (Å²) in [5.41, 5.74) is 6.25. The van der Waals surface area contributed by atoms with Gasteiger partial charge in [0, 0.05) is 30.0 Å². The van der Waals surface area contributed by atoms with Gasteiger partial charge in [-0.15, -0.1) is 21.5 Å². The van der Waals surface area contributed by atoms with Gasteiger partial charge in [-0.3, -0.25) is 4.79 Å². The molecule has 3 aromatic heterocycles. The van der Waals surface area contributed by atoms with Crippen LogP contribution in [0.3, 0.4) is 0 Å². The zero-order chi connectivity index (χ0) is 18.1. The molecular formula is C17H19N5O2S2. The normalized spacial score (nSPS) is 14.0. The molecule has 1 aliphatic carbocycles. The predicted molar refractivity (Wildman–Crippen MR) is 99.9 cm³/mol. The van der Waals surface area contributed by atoms with E-state index in [1.165, 1.54) is 0 Å². The van der Waals surface area contributed by atoms with Crippen LogP contribution in [0.1, 0.15) is 42.6 Å². The number of nitrogens with two attached hydrogens (primary N) is 1. The van der Waals surface area contributed by atoms with Crippen LogP contribution in [0.2, 0.25) is 0 Å². The molecule has 2 N–H and O–H groups in total. The molecule has 26 heavy (non-hydrogen) atoms. The minimum atomic E-state index is -0.312. The molecule has 1 amide bonds. The van der Waals surface area contributed by atoms with Crippen LogP contribution in [-0.4, -0.2) is 25.7 Å². The van der Waals surface area contributed by atoms with Gasteiger partial charge in [0.05, 0.1) is 5.69 Å². The highest BCUT2D eigenvalue weighted by Crippen LogP contribution is 2.39. The van der Waals surface area contributed by atoms with Gasteiger partial charge in [0.25, 0.3) is 0 Å². The molecule has 0 atom stereocenters. The van der Waals surface area contributed by atoms with Crippen LogP contribution in [0.15, 0.2) is 27.1 Å². The number of thioether (sulfide) groups is 1. The second-order valence-electron chi connectivity index (χ2n) is 6.31. The molecule has 0 saturated heterocycles. The fourth-order valence-electron chi connectivity index (χ4n) is 2.69. The molecule has 4 rings (SSSR count). The lowest BCUT2D eigenvalue weighted by Gasteiger charge is -2.07. The minimum absolute atomic E-state index is 0.299. The highest BCUT2D eigenvalue weighted by molar-refractivity contribution is 7.98. The third kappa shape index (κ3) is 3.83. The van der Waals surface area contributed by atoms with Crippen molar-refractivity contribution in [3.63, 3.8) is 0 Å². The van der Waals surface area contributed by atoms with Gasteiger partial charge in [-0.25, -0.2) is 4.98 Å². The average molecular weight is 390 g/mol. The number of hydrogen-bond acceptors (Lipinski definition) is 7.